The molecule has 13 heteroatoms. The average molecular weight is 526 g/mol. The minimum Gasteiger partial charge on any atom is -0.457 e. The molecule has 0 spiro atoms. The first-order valence-corrected chi connectivity index (χ1v) is 13.0. The van der Waals surface area contributed by atoms with Crippen LogP contribution in [-0.4, -0.2) is 51.4 Å². The van der Waals surface area contributed by atoms with Gasteiger partial charge >= 0.3 is 11.7 Å². The van der Waals surface area contributed by atoms with Crippen LogP contribution in [0.5, 0.6) is 0 Å². The molecular formula is C22H28ClN5O6S. The van der Waals surface area contributed by atoms with Crippen molar-refractivity contribution in [1.82, 2.24) is 23.4 Å². The molecule has 3 aromatic rings. The lowest BCUT2D eigenvalue weighted by Crippen LogP contribution is -2.33. The van der Waals surface area contributed by atoms with E-state index in [1.165, 1.54) is 35.9 Å². The van der Waals surface area contributed by atoms with Crippen LogP contribution >= 0.6 is 11.6 Å². The van der Waals surface area contributed by atoms with Crippen molar-refractivity contribution in [2.45, 2.75) is 57.7 Å². The molecule has 2 heterocycles. The Bertz CT molecular complexity index is 1430. The first kappa shape index (κ1) is 26.6. The van der Waals surface area contributed by atoms with Crippen molar-refractivity contribution in [3.63, 3.8) is 0 Å². The Kier molecular flexibility index (Phi) is 8.51. The van der Waals surface area contributed by atoms with Crippen molar-refractivity contribution in [2.24, 2.45) is 0 Å². The van der Waals surface area contributed by atoms with E-state index in [1.54, 1.807) is 4.57 Å². The van der Waals surface area contributed by atoms with Gasteiger partial charge in [0, 0.05) is 25.2 Å². The summed E-state index contributed by atoms with van der Waals surface area (Å²) in [6, 6.07) is 5.59. The molecular weight excluding hydrogens is 498 g/mol. The summed E-state index contributed by atoms with van der Waals surface area (Å²) in [6.07, 6.45) is 2.24. The maximum atomic E-state index is 12.7. The zero-order chi connectivity index (χ0) is 25.8. The fraction of sp³-hybridized carbons (Fsp3) is 0.455. The van der Waals surface area contributed by atoms with Gasteiger partial charge in [-0.3, -0.25) is 19.1 Å². The summed E-state index contributed by atoms with van der Waals surface area (Å²) in [5, 5.41) is 0.389. The predicted molar refractivity (Wildman–Crippen MR) is 131 cm³/mol. The van der Waals surface area contributed by atoms with Crippen molar-refractivity contribution in [3.8, 4) is 0 Å². The van der Waals surface area contributed by atoms with Gasteiger partial charge in [0.15, 0.2) is 11.2 Å². The quantitative estimate of drug-likeness (QED) is 0.378. The number of nitrogens with zero attached hydrogens (tertiary/aromatic N) is 4. The van der Waals surface area contributed by atoms with Crippen LogP contribution in [0.15, 0.2) is 38.8 Å². The van der Waals surface area contributed by atoms with Crippen LogP contribution in [0.4, 0.5) is 0 Å². The van der Waals surface area contributed by atoms with E-state index in [0.717, 1.165) is 17.1 Å². The molecule has 0 saturated carbocycles. The summed E-state index contributed by atoms with van der Waals surface area (Å²) < 4.78 is 34.6. The lowest BCUT2D eigenvalue weighted by atomic mass is 10.3. The monoisotopic (exact) mass is 525 g/mol. The molecule has 0 bridgehead atoms. The highest BCUT2D eigenvalue weighted by molar-refractivity contribution is 7.89. The number of unbranched alkanes of at least 4 members (excludes halogenated alkanes) is 1. The molecule has 0 radical (unpaired) electrons. The molecule has 0 aliphatic carbocycles. The van der Waals surface area contributed by atoms with Crippen LogP contribution < -0.4 is 11.2 Å². The average Bonchev–Trinajstić information content (AvgIpc) is 3.16. The molecule has 1 aromatic carbocycles. The van der Waals surface area contributed by atoms with Gasteiger partial charge in [0.05, 0.1) is 4.90 Å². The number of rotatable bonds is 11. The molecule has 0 amide bonds. The smallest absolute Gasteiger partial charge is 0.330 e. The minimum absolute atomic E-state index is 0.00813. The summed E-state index contributed by atoms with van der Waals surface area (Å²) in [5.41, 5.74) is -0.648. The van der Waals surface area contributed by atoms with E-state index in [1.807, 2.05) is 13.8 Å². The molecule has 0 aliphatic heterocycles. The first-order valence-electron chi connectivity index (χ1n) is 11.2. The van der Waals surface area contributed by atoms with E-state index < -0.39 is 33.8 Å². The highest BCUT2D eigenvalue weighted by Crippen LogP contribution is 2.18. The Morgan fingerprint density at radius 2 is 1.80 bits per heavy atom. The number of H-pyrrole nitrogens is 1. The van der Waals surface area contributed by atoms with Crippen LogP contribution in [0.25, 0.3) is 11.2 Å². The Labute approximate surface area is 207 Å². The number of fused-ring (bicyclic) bond motifs is 1. The topological polar surface area (TPSA) is 136 Å². The second-order valence-electron chi connectivity index (χ2n) is 7.99. The van der Waals surface area contributed by atoms with Gasteiger partial charge in [-0.1, -0.05) is 31.9 Å². The summed E-state index contributed by atoms with van der Waals surface area (Å²) in [4.78, 5) is 44.2. The molecule has 3 rings (SSSR count). The van der Waals surface area contributed by atoms with Crippen molar-refractivity contribution in [3.05, 3.63) is 56.0 Å². The Balaban J connectivity index is 1.82. The molecule has 35 heavy (non-hydrogen) atoms. The Hall–Kier alpha value is -2.96. The number of aryl methyl sites for hydroxylation is 2. The van der Waals surface area contributed by atoms with Gasteiger partial charge in [0.1, 0.15) is 19.0 Å². The molecule has 190 valence electrons. The summed E-state index contributed by atoms with van der Waals surface area (Å²) in [6.45, 7) is 3.89. The molecule has 0 aliphatic rings. The van der Waals surface area contributed by atoms with Crippen molar-refractivity contribution < 1.29 is 17.9 Å². The van der Waals surface area contributed by atoms with E-state index in [-0.39, 0.29) is 22.7 Å². The number of aromatic nitrogens is 4. The van der Waals surface area contributed by atoms with Gasteiger partial charge in [-0.2, -0.15) is 4.31 Å². The SMILES string of the molecule is CCCCn1c(=O)[nH]c(=O)c2c1nc(COC(=O)CN(C)S(=O)(=O)c1ccc(Cl)cc1)n2CCC. The minimum atomic E-state index is -3.93. The summed E-state index contributed by atoms with van der Waals surface area (Å²) in [5.74, 6) is -0.503. The second kappa shape index (κ2) is 11.2. The number of hydrogen-bond acceptors (Lipinski definition) is 7. The summed E-state index contributed by atoms with van der Waals surface area (Å²) >= 11 is 5.81. The lowest BCUT2D eigenvalue weighted by molar-refractivity contribution is -0.145. The van der Waals surface area contributed by atoms with Crippen molar-refractivity contribution >= 4 is 38.8 Å². The van der Waals surface area contributed by atoms with Crippen LogP contribution in [-0.2, 0) is 39.3 Å². The van der Waals surface area contributed by atoms with Gasteiger partial charge in [0.2, 0.25) is 10.0 Å². The van der Waals surface area contributed by atoms with Gasteiger partial charge < -0.3 is 9.30 Å². The molecule has 0 atom stereocenters. The lowest BCUT2D eigenvalue weighted by Gasteiger charge is -2.16. The van der Waals surface area contributed by atoms with E-state index in [4.69, 9.17) is 16.3 Å². The number of aromatic amines is 1. The van der Waals surface area contributed by atoms with E-state index >= 15 is 0 Å². The zero-order valence-electron chi connectivity index (χ0n) is 19.8. The number of ether oxygens (including phenoxy) is 1. The summed E-state index contributed by atoms with van der Waals surface area (Å²) in [7, 11) is -2.66. The molecule has 1 N–H and O–H groups in total. The number of carbonyl (C=O) groups excluding carboxylic acids is 1. The molecule has 2 aromatic heterocycles. The molecule has 11 nitrogen and oxygen atoms in total. The Morgan fingerprint density at radius 3 is 2.43 bits per heavy atom. The molecule has 0 unspecified atom stereocenters. The highest BCUT2D eigenvalue weighted by Gasteiger charge is 2.24. The number of benzene rings is 1. The van der Waals surface area contributed by atoms with Crippen LogP contribution in [0, 0.1) is 0 Å². The number of imidazole rings is 1. The fourth-order valence-electron chi connectivity index (χ4n) is 3.56. The maximum Gasteiger partial charge on any atom is 0.330 e. The van der Waals surface area contributed by atoms with E-state index in [0.29, 0.717) is 30.4 Å². The highest BCUT2D eigenvalue weighted by atomic mass is 35.5. The number of carbonyl (C=O) groups is 1. The molecule has 0 saturated heterocycles. The fourth-order valence-corrected chi connectivity index (χ4v) is 4.80. The number of likely N-dealkylation sites (N-methyl/N-ethyl adjacent to an activating group) is 1. The third-order valence-electron chi connectivity index (χ3n) is 5.38. The standard InChI is InChI=1S/C22H28ClN5O6S/c1-4-6-12-28-20-19(21(30)25-22(28)31)27(11-5-2)17(24-20)14-34-18(29)13-26(3)35(32,33)16-9-7-15(23)8-10-16/h7-10H,4-6,11-14H2,1-3H3,(H,25,30,31). The Morgan fingerprint density at radius 1 is 1.11 bits per heavy atom. The first-order chi connectivity index (χ1) is 16.6. The maximum absolute atomic E-state index is 12.7. The van der Waals surface area contributed by atoms with Gasteiger partial charge in [0.25, 0.3) is 5.56 Å². The van der Waals surface area contributed by atoms with E-state index in [9.17, 15) is 22.8 Å². The number of sulfonamides is 1. The largest absolute Gasteiger partial charge is 0.457 e. The predicted octanol–water partition coefficient (Wildman–Crippen LogP) is 2.11. The van der Waals surface area contributed by atoms with Crippen molar-refractivity contribution in [1.29, 1.82) is 0 Å². The second-order valence-corrected chi connectivity index (χ2v) is 10.5. The third-order valence-corrected chi connectivity index (χ3v) is 7.45. The van der Waals surface area contributed by atoms with Crippen LogP contribution in [0.1, 0.15) is 38.9 Å². The number of esters is 1. The van der Waals surface area contributed by atoms with Crippen LogP contribution in [0.3, 0.4) is 0 Å². The van der Waals surface area contributed by atoms with Gasteiger partial charge in [-0.05, 0) is 37.1 Å². The third kappa shape index (κ3) is 5.82. The van der Waals surface area contributed by atoms with E-state index in [2.05, 4.69) is 9.97 Å². The van der Waals surface area contributed by atoms with Crippen LogP contribution in [0.2, 0.25) is 5.02 Å². The number of hydrogen-bond donors (Lipinski definition) is 1. The zero-order valence-corrected chi connectivity index (χ0v) is 21.4. The van der Waals surface area contributed by atoms with Crippen molar-refractivity contribution in [2.75, 3.05) is 13.6 Å². The number of nitrogens with one attached hydrogen (secondary N) is 1. The number of halogens is 1. The molecule has 0 fully saturated rings. The van der Waals surface area contributed by atoms with Gasteiger partial charge in [-0.25, -0.2) is 18.2 Å². The van der Waals surface area contributed by atoms with Gasteiger partial charge in [-0.15, -0.1) is 0 Å². The normalized spacial score (nSPS) is 11.9.